The predicted octanol–water partition coefficient (Wildman–Crippen LogP) is 4.96. The van der Waals surface area contributed by atoms with Crippen LogP contribution in [0.5, 0.6) is 23.1 Å². The van der Waals surface area contributed by atoms with E-state index in [4.69, 9.17) is 18.9 Å². The van der Waals surface area contributed by atoms with Gasteiger partial charge in [-0.15, -0.1) is 10.2 Å². The van der Waals surface area contributed by atoms with E-state index >= 15 is 0 Å². The normalized spacial score (nSPS) is 13.2. The number of aliphatic hydroxyl groups excluding tert-OH is 1. The molecule has 2 heterocycles. The minimum Gasteiger partial charge on any atom is -0.496 e. The van der Waals surface area contributed by atoms with Crippen LogP contribution < -0.4 is 23.3 Å². The average molecular weight is 656 g/mol. The standard InChI is InChI=1S/C31H41N5O7SSi/c1-21(29(37)22-13-9-10-15-24(22)40-2)44(38,39)35(19-20-45(6,7)8)31-34-33-30(23-14-11-18-27(32-23)43-5)36(31)28-25(41-3)16-12-17-26(28)42-4/h9-18,21,29,37H,19-20H2,1-8H3/t21-,29-/m0/s1. The van der Waals surface area contributed by atoms with E-state index in [0.717, 1.165) is 0 Å². The van der Waals surface area contributed by atoms with E-state index in [2.05, 4.69) is 34.8 Å². The third-order valence-electron chi connectivity index (χ3n) is 7.40. The molecule has 0 amide bonds. The van der Waals surface area contributed by atoms with E-state index in [0.29, 0.717) is 46.1 Å². The van der Waals surface area contributed by atoms with E-state index < -0.39 is 29.5 Å². The van der Waals surface area contributed by atoms with Gasteiger partial charge in [-0.3, -0.25) is 4.57 Å². The molecule has 0 saturated heterocycles. The van der Waals surface area contributed by atoms with Gasteiger partial charge in [0.15, 0.2) is 5.82 Å². The van der Waals surface area contributed by atoms with Crippen molar-refractivity contribution in [3.63, 3.8) is 0 Å². The summed E-state index contributed by atoms with van der Waals surface area (Å²) in [5.74, 6) is 1.74. The van der Waals surface area contributed by atoms with Crippen molar-refractivity contribution in [2.45, 2.75) is 44.0 Å². The lowest BCUT2D eigenvalue weighted by Gasteiger charge is -2.31. The van der Waals surface area contributed by atoms with Gasteiger partial charge in [-0.25, -0.2) is 17.7 Å². The van der Waals surface area contributed by atoms with E-state index in [9.17, 15) is 13.5 Å². The van der Waals surface area contributed by atoms with Crippen LogP contribution in [0, 0.1) is 0 Å². The highest BCUT2D eigenvalue weighted by Crippen LogP contribution is 2.40. The maximum atomic E-state index is 14.7. The second-order valence-electron chi connectivity index (χ2n) is 11.6. The maximum absolute atomic E-state index is 14.7. The summed E-state index contributed by atoms with van der Waals surface area (Å²) in [4.78, 5) is 4.56. The molecule has 4 rings (SSSR count). The number of methoxy groups -OCH3 is 4. The molecule has 2 atom stereocenters. The fourth-order valence-corrected chi connectivity index (χ4v) is 7.44. The molecule has 0 radical (unpaired) electrons. The highest BCUT2D eigenvalue weighted by atomic mass is 32.2. The quantitative estimate of drug-likeness (QED) is 0.186. The Morgan fingerprint density at radius 2 is 1.44 bits per heavy atom. The largest absolute Gasteiger partial charge is 0.496 e. The number of pyridine rings is 1. The molecule has 0 bridgehead atoms. The molecule has 0 aliphatic rings. The first-order chi connectivity index (χ1) is 21.4. The van der Waals surface area contributed by atoms with Gasteiger partial charge >= 0.3 is 0 Å². The highest BCUT2D eigenvalue weighted by molar-refractivity contribution is 7.93. The molecule has 2 aromatic heterocycles. The molecule has 0 unspecified atom stereocenters. The van der Waals surface area contributed by atoms with E-state index in [1.54, 1.807) is 65.2 Å². The van der Waals surface area contributed by atoms with Gasteiger partial charge in [0, 0.05) is 26.2 Å². The number of sulfonamides is 1. The number of hydrogen-bond acceptors (Lipinski definition) is 10. The smallest absolute Gasteiger partial charge is 0.246 e. The van der Waals surface area contributed by atoms with E-state index in [-0.39, 0.29) is 18.3 Å². The number of nitrogens with zero attached hydrogens (tertiary/aromatic N) is 5. The monoisotopic (exact) mass is 655 g/mol. The van der Waals surface area contributed by atoms with Crippen molar-refractivity contribution in [2.75, 3.05) is 39.3 Å². The van der Waals surface area contributed by atoms with Gasteiger partial charge in [0.25, 0.3) is 0 Å². The van der Waals surface area contributed by atoms with Crippen LogP contribution in [0.15, 0.2) is 60.7 Å². The number of ether oxygens (including phenoxy) is 4. The molecular weight excluding hydrogens is 615 g/mol. The first-order valence-electron chi connectivity index (χ1n) is 14.4. The average Bonchev–Trinajstić information content (AvgIpc) is 3.46. The Morgan fingerprint density at radius 3 is 2.04 bits per heavy atom. The van der Waals surface area contributed by atoms with Gasteiger partial charge in [-0.2, -0.15) is 0 Å². The molecular formula is C31H41N5O7SSi. The molecule has 0 aliphatic heterocycles. The Morgan fingerprint density at radius 1 is 0.844 bits per heavy atom. The molecule has 242 valence electrons. The topological polar surface area (TPSA) is 138 Å². The van der Waals surface area contributed by atoms with Crippen LogP contribution >= 0.6 is 0 Å². The number of benzene rings is 2. The minimum absolute atomic E-state index is 0.00486. The first kappa shape index (κ1) is 33.7. The fraction of sp³-hybridized carbons (Fsp3) is 0.387. The molecule has 0 saturated carbocycles. The number of aliphatic hydroxyl groups is 1. The van der Waals surface area contributed by atoms with Crippen molar-refractivity contribution >= 4 is 24.0 Å². The summed E-state index contributed by atoms with van der Waals surface area (Å²) in [5, 5.41) is 19.1. The molecule has 0 fully saturated rings. The van der Waals surface area contributed by atoms with Crippen molar-refractivity contribution in [1.29, 1.82) is 0 Å². The summed E-state index contributed by atoms with van der Waals surface area (Å²) in [6, 6.07) is 17.8. The molecule has 1 N–H and O–H groups in total. The van der Waals surface area contributed by atoms with Crippen molar-refractivity contribution in [3.05, 3.63) is 66.2 Å². The first-order valence-corrected chi connectivity index (χ1v) is 19.6. The lowest BCUT2D eigenvalue weighted by Crippen LogP contribution is -2.44. The van der Waals surface area contributed by atoms with E-state index in [1.807, 2.05) is 0 Å². The zero-order chi connectivity index (χ0) is 32.9. The number of para-hydroxylation sites is 2. The van der Waals surface area contributed by atoms with Crippen LogP contribution in [0.2, 0.25) is 25.7 Å². The molecule has 45 heavy (non-hydrogen) atoms. The second kappa shape index (κ2) is 13.9. The molecule has 0 aliphatic carbocycles. The Hall–Kier alpha value is -4.14. The van der Waals surface area contributed by atoms with Crippen LogP contribution in [0.1, 0.15) is 18.6 Å². The summed E-state index contributed by atoms with van der Waals surface area (Å²) in [5.41, 5.74) is 1.12. The van der Waals surface area contributed by atoms with Gasteiger partial charge < -0.3 is 24.1 Å². The highest BCUT2D eigenvalue weighted by Gasteiger charge is 2.40. The Balaban J connectivity index is 2.00. The third kappa shape index (κ3) is 7.07. The SMILES string of the molecule is COc1cccc(-c2nnc(N(CC[Si](C)(C)C)S(=O)(=O)[C@@H](C)[C@H](O)c3ccccc3OC)n2-c2c(OC)cccc2OC)n1. The third-order valence-corrected chi connectivity index (χ3v) is 11.3. The Bertz CT molecular complexity index is 1700. The van der Waals surface area contributed by atoms with Crippen LogP contribution in [0.25, 0.3) is 17.2 Å². The maximum Gasteiger partial charge on any atom is 0.246 e. The summed E-state index contributed by atoms with van der Waals surface area (Å²) in [7, 11) is -0.0975. The van der Waals surface area contributed by atoms with Gasteiger partial charge in [0.2, 0.25) is 21.9 Å². The zero-order valence-corrected chi connectivity index (χ0v) is 28.7. The van der Waals surface area contributed by atoms with Gasteiger partial charge in [0.1, 0.15) is 40.0 Å². The lowest BCUT2D eigenvalue weighted by atomic mass is 10.1. The van der Waals surface area contributed by atoms with Crippen molar-refractivity contribution in [3.8, 4) is 40.3 Å². The number of anilines is 1. The van der Waals surface area contributed by atoms with Crippen molar-refractivity contribution < 1.29 is 32.5 Å². The molecule has 12 nitrogen and oxygen atoms in total. The summed E-state index contributed by atoms with van der Waals surface area (Å²) in [6.07, 6.45) is -1.41. The number of aromatic nitrogens is 4. The second-order valence-corrected chi connectivity index (χ2v) is 19.4. The minimum atomic E-state index is -4.30. The summed E-state index contributed by atoms with van der Waals surface area (Å²) >= 11 is 0. The summed E-state index contributed by atoms with van der Waals surface area (Å²) < 4.78 is 54.4. The molecule has 0 spiro atoms. The molecule has 14 heteroatoms. The number of rotatable bonds is 14. The van der Waals surface area contributed by atoms with E-state index in [1.165, 1.54) is 39.7 Å². The fourth-order valence-electron chi connectivity index (χ4n) is 4.82. The predicted molar refractivity (Wildman–Crippen MR) is 176 cm³/mol. The van der Waals surface area contributed by atoms with Gasteiger partial charge in [-0.05, 0) is 37.2 Å². The van der Waals surface area contributed by atoms with Crippen molar-refractivity contribution in [1.82, 2.24) is 19.7 Å². The lowest BCUT2D eigenvalue weighted by molar-refractivity contribution is 0.171. The van der Waals surface area contributed by atoms with Gasteiger partial charge in [0.05, 0.1) is 28.4 Å². The molecule has 2 aromatic carbocycles. The van der Waals surface area contributed by atoms with Gasteiger partial charge in [-0.1, -0.05) is 50.0 Å². The number of hydrogen-bond donors (Lipinski definition) is 1. The van der Waals surface area contributed by atoms with Crippen LogP contribution in [-0.4, -0.2) is 81.6 Å². The zero-order valence-electron chi connectivity index (χ0n) is 26.9. The van der Waals surface area contributed by atoms with Crippen LogP contribution in [0.3, 0.4) is 0 Å². The van der Waals surface area contributed by atoms with Crippen LogP contribution in [-0.2, 0) is 10.0 Å². The Labute approximate surface area is 265 Å². The molecule has 4 aromatic rings. The van der Waals surface area contributed by atoms with Crippen LogP contribution in [0.4, 0.5) is 5.95 Å². The Kier molecular flexibility index (Phi) is 10.4. The summed E-state index contributed by atoms with van der Waals surface area (Å²) in [6.45, 7) is 8.05. The van der Waals surface area contributed by atoms with Crippen molar-refractivity contribution in [2.24, 2.45) is 0 Å².